The van der Waals surface area contributed by atoms with E-state index >= 15 is 0 Å². The number of rotatable bonds is 5. The van der Waals surface area contributed by atoms with E-state index in [1.54, 1.807) is 6.92 Å². The lowest BCUT2D eigenvalue weighted by Gasteiger charge is -2.05. The number of Topliss-reactive ketones (excluding diaryl/α,β-unsaturated/α-hetero) is 1. The minimum absolute atomic E-state index is 0.199. The van der Waals surface area contributed by atoms with Crippen molar-refractivity contribution in [3.63, 3.8) is 0 Å². The highest BCUT2D eigenvalue weighted by molar-refractivity contribution is 6.05. The van der Waals surface area contributed by atoms with Gasteiger partial charge in [-0.25, -0.2) is 0 Å². The number of benzene rings is 2. The third kappa shape index (κ3) is 2.52. The number of para-hydroxylation sites is 1. The van der Waals surface area contributed by atoms with E-state index in [-0.39, 0.29) is 5.78 Å². The van der Waals surface area contributed by atoms with Crippen molar-refractivity contribution in [1.29, 1.82) is 0 Å². The van der Waals surface area contributed by atoms with Crippen molar-refractivity contribution in [3.05, 3.63) is 42.5 Å². The predicted molar refractivity (Wildman–Crippen MR) is 79.1 cm³/mol. The van der Waals surface area contributed by atoms with Crippen LogP contribution in [0.2, 0.25) is 0 Å². The second-order valence-corrected chi connectivity index (χ2v) is 4.91. The normalized spacial score (nSPS) is 11.1. The van der Waals surface area contributed by atoms with E-state index in [4.69, 9.17) is 9.15 Å². The van der Waals surface area contributed by atoms with Crippen LogP contribution in [0.4, 0.5) is 0 Å². The van der Waals surface area contributed by atoms with Gasteiger partial charge in [0.15, 0.2) is 0 Å². The number of fused-ring (bicyclic) bond motifs is 3. The summed E-state index contributed by atoms with van der Waals surface area (Å²) in [6, 6.07) is 13.8. The highest BCUT2D eigenvalue weighted by Crippen LogP contribution is 2.31. The summed E-state index contributed by atoms with van der Waals surface area (Å²) < 4.78 is 11.5. The number of furan rings is 1. The minimum Gasteiger partial charge on any atom is -0.494 e. The summed E-state index contributed by atoms with van der Waals surface area (Å²) in [7, 11) is 0. The number of ketones is 1. The van der Waals surface area contributed by atoms with Crippen LogP contribution in [0.1, 0.15) is 19.8 Å². The molecule has 0 saturated heterocycles. The fourth-order valence-corrected chi connectivity index (χ4v) is 2.31. The van der Waals surface area contributed by atoms with Crippen LogP contribution in [0.15, 0.2) is 46.9 Å². The summed E-state index contributed by atoms with van der Waals surface area (Å²) in [5, 5.41) is 2.15. The molecule has 2 aromatic carbocycles. The van der Waals surface area contributed by atoms with E-state index in [0.29, 0.717) is 13.0 Å². The molecule has 0 fully saturated rings. The van der Waals surface area contributed by atoms with Gasteiger partial charge in [-0.15, -0.1) is 0 Å². The zero-order valence-electron chi connectivity index (χ0n) is 11.4. The second kappa shape index (κ2) is 5.37. The Balaban J connectivity index is 1.82. The van der Waals surface area contributed by atoms with Crippen LogP contribution in [0.25, 0.3) is 21.9 Å². The molecule has 1 heterocycles. The molecule has 0 aliphatic heterocycles. The van der Waals surface area contributed by atoms with E-state index in [1.807, 2.05) is 42.5 Å². The van der Waals surface area contributed by atoms with Gasteiger partial charge in [0.1, 0.15) is 22.7 Å². The molecule has 3 rings (SSSR count). The van der Waals surface area contributed by atoms with Gasteiger partial charge in [0.25, 0.3) is 0 Å². The van der Waals surface area contributed by atoms with Gasteiger partial charge in [-0.3, -0.25) is 0 Å². The van der Waals surface area contributed by atoms with Gasteiger partial charge in [-0.1, -0.05) is 18.2 Å². The lowest BCUT2D eigenvalue weighted by molar-refractivity contribution is -0.117. The molecule has 20 heavy (non-hydrogen) atoms. The Morgan fingerprint density at radius 2 is 1.90 bits per heavy atom. The van der Waals surface area contributed by atoms with E-state index in [1.165, 1.54) is 0 Å². The average Bonchev–Trinajstić information content (AvgIpc) is 2.81. The largest absolute Gasteiger partial charge is 0.494 e. The van der Waals surface area contributed by atoms with Gasteiger partial charge >= 0.3 is 0 Å². The molecule has 3 heteroatoms. The summed E-state index contributed by atoms with van der Waals surface area (Å²) in [5.41, 5.74) is 1.75. The van der Waals surface area contributed by atoms with Crippen molar-refractivity contribution >= 4 is 27.7 Å². The molecule has 0 amide bonds. The van der Waals surface area contributed by atoms with Crippen LogP contribution in [0.5, 0.6) is 5.75 Å². The molecule has 3 aromatic rings. The van der Waals surface area contributed by atoms with Gasteiger partial charge in [-0.05, 0) is 37.6 Å². The molecule has 0 aliphatic carbocycles. The Hall–Kier alpha value is -2.29. The Bertz CT molecular complexity index is 755. The number of ether oxygens (including phenoxy) is 1. The van der Waals surface area contributed by atoms with Gasteiger partial charge in [0.2, 0.25) is 0 Å². The monoisotopic (exact) mass is 268 g/mol. The number of hydrogen-bond acceptors (Lipinski definition) is 3. The summed E-state index contributed by atoms with van der Waals surface area (Å²) in [6.45, 7) is 2.16. The molecule has 1 aromatic heterocycles. The fraction of sp³-hybridized carbons (Fsp3) is 0.235. The van der Waals surface area contributed by atoms with Crippen LogP contribution >= 0.6 is 0 Å². The molecular weight excluding hydrogens is 252 g/mol. The van der Waals surface area contributed by atoms with E-state index in [2.05, 4.69) is 0 Å². The summed E-state index contributed by atoms with van der Waals surface area (Å²) >= 11 is 0. The molecule has 0 unspecified atom stereocenters. The maximum absolute atomic E-state index is 10.9. The molecule has 3 nitrogen and oxygen atoms in total. The van der Waals surface area contributed by atoms with Crippen LogP contribution in [-0.2, 0) is 4.79 Å². The van der Waals surface area contributed by atoms with Crippen molar-refractivity contribution in [1.82, 2.24) is 0 Å². The zero-order valence-corrected chi connectivity index (χ0v) is 11.4. The van der Waals surface area contributed by atoms with Crippen LogP contribution in [-0.4, -0.2) is 12.4 Å². The first kappa shape index (κ1) is 12.7. The quantitative estimate of drug-likeness (QED) is 0.646. The summed E-state index contributed by atoms with van der Waals surface area (Å²) in [4.78, 5) is 10.9. The van der Waals surface area contributed by atoms with Gasteiger partial charge in [0.05, 0.1) is 6.61 Å². The molecular formula is C17H16O3. The first-order valence-corrected chi connectivity index (χ1v) is 6.77. The third-order valence-electron chi connectivity index (χ3n) is 3.29. The van der Waals surface area contributed by atoms with Crippen LogP contribution < -0.4 is 4.74 Å². The van der Waals surface area contributed by atoms with Crippen molar-refractivity contribution in [3.8, 4) is 5.75 Å². The second-order valence-electron chi connectivity index (χ2n) is 4.91. The van der Waals surface area contributed by atoms with E-state index in [9.17, 15) is 4.79 Å². The van der Waals surface area contributed by atoms with Crippen molar-refractivity contribution in [2.24, 2.45) is 0 Å². The summed E-state index contributed by atoms with van der Waals surface area (Å²) in [6.07, 6.45) is 1.32. The van der Waals surface area contributed by atoms with Gasteiger partial charge in [-0.2, -0.15) is 0 Å². The predicted octanol–water partition coefficient (Wildman–Crippen LogP) is 4.33. The summed E-state index contributed by atoms with van der Waals surface area (Å²) in [5.74, 6) is 1.01. The topological polar surface area (TPSA) is 39.4 Å². The fourth-order valence-electron chi connectivity index (χ4n) is 2.31. The van der Waals surface area contributed by atoms with E-state index < -0.39 is 0 Å². The minimum atomic E-state index is 0.199. The number of carbonyl (C=O) groups excluding carboxylic acids is 1. The molecule has 0 bridgehead atoms. The lowest BCUT2D eigenvalue weighted by atomic mass is 10.1. The van der Waals surface area contributed by atoms with Crippen molar-refractivity contribution in [2.45, 2.75) is 19.8 Å². The van der Waals surface area contributed by atoms with Gasteiger partial charge in [0, 0.05) is 17.2 Å². The molecule has 0 atom stereocenters. The molecule has 0 radical (unpaired) electrons. The zero-order chi connectivity index (χ0) is 13.9. The van der Waals surface area contributed by atoms with Crippen molar-refractivity contribution in [2.75, 3.05) is 6.61 Å². The van der Waals surface area contributed by atoms with E-state index in [0.717, 1.165) is 34.1 Å². The SMILES string of the molecule is CC(=O)CCCOc1ccc2oc3ccccc3c2c1. The Morgan fingerprint density at radius 1 is 1.10 bits per heavy atom. The first-order valence-electron chi connectivity index (χ1n) is 6.77. The third-order valence-corrected chi connectivity index (χ3v) is 3.29. The highest BCUT2D eigenvalue weighted by atomic mass is 16.5. The molecule has 0 saturated carbocycles. The Labute approximate surface area is 117 Å². The van der Waals surface area contributed by atoms with Gasteiger partial charge < -0.3 is 13.9 Å². The average molecular weight is 268 g/mol. The highest BCUT2D eigenvalue weighted by Gasteiger charge is 2.07. The Morgan fingerprint density at radius 3 is 2.75 bits per heavy atom. The molecule has 102 valence electrons. The Kier molecular flexibility index (Phi) is 3.42. The maximum atomic E-state index is 10.9. The first-order chi connectivity index (χ1) is 9.74. The lowest BCUT2D eigenvalue weighted by Crippen LogP contribution is -2.00. The smallest absolute Gasteiger partial charge is 0.135 e. The molecule has 0 N–H and O–H groups in total. The number of hydrogen-bond donors (Lipinski definition) is 0. The standard InChI is InChI=1S/C17H16O3/c1-12(18)5-4-10-19-13-8-9-17-15(11-13)14-6-2-3-7-16(14)20-17/h2-3,6-9,11H,4-5,10H2,1H3. The molecule has 0 spiro atoms. The van der Waals surface area contributed by atoms with Crippen LogP contribution in [0, 0.1) is 0 Å². The molecule has 0 aliphatic rings. The van der Waals surface area contributed by atoms with Crippen molar-refractivity contribution < 1.29 is 13.9 Å². The number of carbonyl (C=O) groups is 1. The van der Waals surface area contributed by atoms with Crippen LogP contribution in [0.3, 0.4) is 0 Å². The maximum Gasteiger partial charge on any atom is 0.135 e.